The van der Waals surface area contributed by atoms with Crippen molar-refractivity contribution < 1.29 is 19.5 Å². The first-order valence-corrected chi connectivity index (χ1v) is 7.80. The normalized spacial score (nSPS) is 15.1. The minimum absolute atomic E-state index is 0.0326. The van der Waals surface area contributed by atoms with Gasteiger partial charge in [-0.2, -0.15) is 25.3 Å². The van der Waals surface area contributed by atoms with E-state index in [2.05, 4.69) is 35.9 Å². The average molecular weight is 337 g/mol. The summed E-state index contributed by atoms with van der Waals surface area (Å²) in [6.07, 6.45) is 0.296. The van der Waals surface area contributed by atoms with Crippen LogP contribution in [-0.4, -0.2) is 52.5 Å². The number of nitrogens with two attached hydrogens (primary N) is 1. The number of carboxylic acid groups (broad SMARTS) is 1. The molecule has 0 fully saturated rings. The molecule has 0 radical (unpaired) electrons. The molecule has 0 rings (SSSR count). The van der Waals surface area contributed by atoms with Crippen molar-refractivity contribution in [3.63, 3.8) is 0 Å². The Bertz CT molecular complexity index is 380. The van der Waals surface area contributed by atoms with E-state index in [9.17, 15) is 14.4 Å². The Morgan fingerprint density at radius 1 is 1.05 bits per heavy atom. The lowest BCUT2D eigenvalue weighted by atomic mass is 10.0. The number of aliphatic carboxylic acids is 1. The highest BCUT2D eigenvalue weighted by Crippen LogP contribution is 2.05. The van der Waals surface area contributed by atoms with Crippen molar-refractivity contribution in [2.75, 3.05) is 11.5 Å². The van der Waals surface area contributed by atoms with Gasteiger partial charge in [-0.1, -0.05) is 13.8 Å². The molecule has 0 bridgehead atoms. The number of carbonyl (C=O) groups excluding carboxylic acids is 2. The lowest BCUT2D eigenvalue weighted by Crippen LogP contribution is -2.55. The summed E-state index contributed by atoms with van der Waals surface area (Å²) >= 11 is 7.88. The van der Waals surface area contributed by atoms with Gasteiger partial charge in [0, 0.05) is 11.5 Å². The minimum Gasteiger partial charge on any atom is -0.480 e. The summed E-state index contributed by atoms with van der Waals surface area (Å²) in [5.41, 5.74) is 5.50. The van der Waals surface area contributed by atoms with Gasteiger partial charge in [-0.3, -0.25) is 9.59 Å². The van der Waals surface area contributed by atoms with Crippen molar-refractivity contribution in [2.45, 2.75) is 38.4 Å². The highest BCUT2D eigenvalue weighted by atomic mass is 32.1. The second-order valence-corrected chi connectivity index (χ2v) is 5.79. The molecule has 0 aliphatic heterocycles. The Balaban J connectivity index is 4.69. The number of nitrogens with one attached hydrogen (secondary N) is 2. The zero-order chi connectivity index (χ0) is 16.6. The summed E-state index contributed by atoms with van der Waals surface area (Å²) < 4.78 is 0. The van der Waals surface area contributed by atoms with Crippen LogP contribution < -0.4 is 16.4 Å². The van der Waals surface area contributed by atoms with Crippen molar-refractivity contribution in [3.8, 4) is 0 Å². The third-order valence-corrected chi connectivity index (χ3v) is 3.43. The summed E-state index contributed by atoms with van der Waals surface area (Å²) in [6.45, 7) is 3.71. The molecule has 0 aliphatic carbocycles. The largest absolute Gasteiger partial charge is 0.480 e. The third-order valence-electron chi connectivity index (χ3n) is 2.67. The molecule has 0 aliphatic rings. The predicted molar refractivity (Wildman–Crippen MR) is 86.6 cm³/mol. The summed E-state index contributed by atoms with van der Waals surface area (Å²) in [7, 11) is 0. The van der Waals surface area contributed by atoms with Gasteiger partial charge in [0.2, 0.25) is 11.8 Å². The fraction of sp³-hybridized carbons (Fsp3) is 0.750. The lowest BCUT2D eigenvalue weighted by Gasteiger charge is -2.22. The number of carboxylic acids is 1. The molecule has 0 aromatic heterocycles. The molecule has 0 saturated heterocycles. The van der Waals surface area contributed by atoms with E-state index in [0.717, 1.165) is 0 Å². The summed E-state index contributed by atoms with van der Waals surface area (Å²) in [6, 6.07) is -2.79. The zero-order valence-corrected chi connectivity index (χ0v) is 13.9. The van der Waals surface area contributed by atoms with E-state index in [1.165, 1.54) is 0 Å². The van der Waals surface area contributed by atoms with Gasteiger partial charge < -0.3 is 21.5 Å². The molecule has 3 atom stereocenters. The van der Waals surface area contributed by atoms with Crippen LogP contribution in [0, 0.1) is 5.92 Å². The highest BCUT2D eigenvalue weighted by molar-refractivity contribution is 7.80. The number of carbonyl (C=O) groups is 3. The topological polar surface area (TPSA) is 122 Å². The second-order valence-electron chi connectivity index (χ2n) is 5.06. The molecule has 0 saturated carbocycles. The second kappa shape index (κ2) is 9.91. The van der Waals surface area contributed by atoms with E-state index in [0.29, 0.717) is 6.42 Å². The van der Waals surface area contributed by atoms with Gasteiger partial charge in [-0.15, -0.1) is 0 Å². The molecule has 5 N–H and O–H groups in total. The maximum atomic E-state index is 12.0. The van der Waals surface area contributed by atoms with Gasteiger partial charge in [0.15, 0.2) is 0 Å². The van der Waals surface area contributed by atoms with Crippen LogP contribution >= 0.6 is 25.3 Å². The monoisotopic (exact) mass is 337 g/mol. The Morgan fingerprint density at radius 3 is 1.95 bits per heavy atom. The summed E-state index contributed by atoms with van der Waals surface area (Å²) in [4.78, 5) is 34.8. The van der Waals surface area contributed by atoms with Gasteiger partial charge in [-0.25, -0.2) is 4.79 Å². The molecular weight excluding hydrogens is 314 g/mol. The van der Waals surface area contributed by atoms with Crippen LogP contribution in [0.4, 0.5) is 0 Å². The van der Waals surface area contributed by atoms with Crippen molar-refractivity contribution >= 4 is 43.0 Å². The molecule has 0 spiro atoms. The molecule has 122 valence electrons. The van der Waals surface area contributed by atoms with Gasteiger partial charge in [0.1, 0.15) is 12.1 Å². The van der Waals surface area contributed by atoms with E-state index in [1.807, 2.05) is 13.8 Å². The summed E-state index contributed by atoms with van der Waals surface area (Å²) in [5.74, 6) is -1.97. The smallest absolute Gasteiger partial charge is 0.326 e. The van der Waals surface area contributed by atoms with Crippen LogP contribution in [0.1, 0.15) is 20.3 Å². The SMILES string of the molecule is CC(C)C[C@H](NC(=O)[C@H](CS)NC(=O)[C@@H](N)CS)C(=O)O. The van der Waals surface area contributed by atoms with E-state index in [4.69, 9.17) is 10.8 Å². The van der Waals surface area contributed by atoms with Gasteiger partial charge in [0.25, 0.3) is 0 Å². The fourth-order valence-corrected chi connectivity index (χ4v) is 1.94. The first kappa shape index (κ1) is 20.1. The fourth-order valence-electron chi connectivity index (χ4n) is 1.52. The van der Waals surface area contributed by atoms with Gasteiger partial charge in [-0.05, 0) is 12.3 Å². The van der Waals surface area contributed by atoms with Crippen LogP contribution in [0.5, 0.6) is 0 Å². The number of hydrogen-bond donors (Lipinski definition) is 6. The zero-order valence-electron chi connectivity index (χ0n) is 12.1. The van der Waals surface area contributed by atoms with Crippen molar-refractivity contribution in [3.05, 3.63) is 0 Å². The molecular formula is C12H23N3O4S2. The third kappa shape index (κ3) is 7.58. The van der Waals surface area contributed by atoms with Gasteiger partial charge in [0.05, 0.1) is 6.04 Å². The van der Waals surface area contributed by atoms with Crippen LogP contribution in [0.25, 0.3) is 0 Å². The molecule has 0 aromatic rings. The Labute approximate surface area is 135 Å². The first-order valence-electron chi connectivity index (χ1n) is 6.53. The van der Waals surface area contributed by atoms with Crippen LogP contribution in [0.3, 0.4) is 0 Å². The maximum Gasteiger partial charge on any atom is 0.326 e. The minimum atomic E-state index is -1.12. The molecule has 2 amide bonds. The van der Waals surface area contributed by atoms with Gasteiger partial charge >= 0.3 is 5.97 Å². The highest BCUT2D eigenvalue weighted by Gasteiger charge is 2.27. The number of thiol groups is 2. The maximum absolute atomic E-state index is 12.0. The predicted octanol–water partition coefficient (Wildman–Crippen LogP) is -0.726. The van der Waals surface area contributed by atoms with Crippen LogP contribution in [0.15, 0.2) is 0 Å². The number of rotatable bonds is 9. The Morgan fingerprint density at radius 2 is 1.57 bits per heavy atom. The number of amides is 2. The van der Waals surface area contributed by atoms with Crippen molar-refractivity contribution in [2.24, 2.45) is 11.7 Å². The van der Waals surface area contributed by atoms with Crippen LogP contribution in [0.2, 0.25) is 0 Å². The van der Waals surface area contributed by atoms with E-state index in [1.54, 1.807) is 0 Å². The lowest BCUT2D eigenvalue weighted by molar-refractivity contribution is -0.142. The van der Waals surface area contributed by atoms with Crippen LogP contribution in [-0.2, 0) is 14.4 Å². The molecule has 0 unspecified atom stereocenters. The van der Waals surface area contributed by atoms with E-state index < -0.39 is 35.9 Å². The molecule has 0 heterocycles. The van der Waals surface area contributed by atoms with Crippen molar-refractivity contribution in [1.29, 1.82) is 0 Å². The molecule has 7 nitrogen and oxygen atoms in total. The summed E-state index contributed by atoms with van der Waals surface area (Å²) in [5, 5.41) is 13.9. The van der Waals surface area contributed by atoms with E-state index in [-0.39, 0.29) is 17.4 Å². The standard InChI is InChI=1S/C12H23N3O4S2/c1-6(2)3-8(12(18)19)14-11(17)9(5-21)15-10(16)7(13)4-20/h6-9,20-21H,3-5,13H2,1-2H3,(H,14,17)(H,15,16)(H,18,19)/t7-,8-,9-/m0/s1. The molecule has 0 aromatic carbocycles. The molecule has 21 heavy (non-hydrogen) atoms. The molecule has 9 heteroatoms. The Hall–Kier alpha value is -0.930. The number of hydrogen-bond acceptors (Lipinski definition) is 6. The Kier molecular flexibility index (Phi) is 9.47. The van der Waals surface area contributed by atoms with E-state index >= 15 is 0 Å². The van der Waals surface area contributed by atoms with Crippen molar-refractivity contribution in [1.82, 2.24) is 10.6 Å². The quantitative estimate of drug-likeness (QED) is 0.310. The average Bonchev–Trinajstić information content (AvgIpc) is 2.41. The first-order chi connectivity index (χ1) is 9.72.